The van der Waals surface area contributed by atoms with Crippen molar-refractivity contribution in [2.75, 3.05) is 13.2 Å². The number of aryl methyl sites for hydroxylation is 1. The lowest BCUT2D eigenvalue weighted by molar-refractivity contribution is -0.121. The van der Waals surface area contributed by atoms with E-state index in [-0.39, 0.29) is 12.0 Å². The van der Waals surface area contributed by atoms with Crippen LogP contribution in [0.5, 0.6) is 5.75 Å². The van der Waals surface area contributed by atoms with Crippen LogP contribution in [0.15, 0.2) is 24.3 Å². The van der Waals surface area contributed by atoms with Crippen molar-refractivity contribution in [3.8, 4) is 5.75 Å². The summed E-state index contributed by atoms with van der Waals surface area (Å²) in [6.07, 6.45) is 3.96. The average Bonchev–Trinajstić information content (AvgIpc) is 2.49. The molecule has 1 aliphatic carbocycles. The molecule has 0 aliphatic heterocycles. The first-order valence-corrected chi connectivity index (χ1v) is 7.77. The number of hydrogen-bond donors (Lipinski definition) is 2. The van der Waals surface area contributed by atoms with Crippen LogP contribution in [0.1, 0.15) is 37.7 Å². The molecule has 4 heteroatoms. The fourth-order valence-electron chi connectivity index (χ4n) is 2.59. The second-order valence-corrected chi connectivity index (χ2v) is 5.89. The Bertz CT molecular complexity index is 436. The Morgan fingerprint density at radius 3 is 2.57 bits per heavy atom. The Labute approximate surface area is 126 Å². The number of aliphatic hydroxyl groups excluding tert-OH is 1. The number of ether oxygens (including phenoxy) is 1. The molecule has 0 unspecified atom stereocenters. The smallest absolute Gasteiger partial charge is 0.223 e. The van der Waals surface area contributed by atoms with Crippen LogP contribution in [0.4, 0.5) is 0 Å². The maximum absolute atomic E-state index is 11.8. The van der Waals surface area contributed by atoms with Gasteiger partial charge in [-0.2, -0.15) is 0 Å². The Morgan fingerprint density at radius 2 is 1.90 bits per heavy atom. The molecule has 1 aromatic carbocycles. The first-order valence-electron chi connectivity index (χ1n) is 7.77. The topological polar surface area (TPSA) is 58.6 Å². The lowest BCUT2D eigenvalue weighted by Crippen LogP contribution is -2.32. The maximum atomic E-state index is 11.8. The van der Waals surface area contributed by atoms with Crippen molar-refractivity contribution in [1.82, 2.24) is 5.32 Å². The van der Waals surface area contributed by atoms with Gasteiger partial charge in [0, 0.05) is 6.54 Å². The summed E-state index contributed by atoms with van der Waals surface area (Å²) >= 11 is 0. The van der Waals surface area contributed by atoms with Crippen LogP contribution in [0.3, 0.4) is 0 Å². The fourth-order valence-corrected chi connectivity index (χ4v) is 2.59. The maximum Gasteiger partial charge on any atom is 0.223 e. The summed E-state index contributed by atoms with van der Waals surface area (Å²) in [5.41, 5.74) is 1.19. The van der Waals surface area contributed by atoms with Gasteiger partial charge in [0.1, 0.15) is 5.75 Å². The summed E-state index contributed by atoms with van der Waals surface area (Å²) in [5, 5.41) is 12.4. The molecule has 1 amide bonds. The van der Waals surface area contributed by atoms with Crippen LogP contribution < -0.4 is 10.1 Å². The highest BCUT2D eigenvalue weighted by Crippen LogP contribution is 2.23. The van der Waals surface area contributed by atoms with E-state index in [1.807, 2.05) is 31.2 Å². The van der Waals surface area contributed by atoms with E-state index in [0.29, 0.717) is 18.9 Å². The molecule has 0 bridgehead atoms. The minimum atomic E-state index is -0.139. The molecule has 1 saturated carbocycles. The van der Waals surface area contributed by atoms with Gasteiger partial charge in [-0.25, -0.2) is 0 Å². The van der Waals surface area contributed by atoms with E-state index in [9.17, 15) is 9.90 Å². The molecule has 0 radical (unpaired) electrons. The summed E-state index contributed by atoms with van der Waals surface area (Å²) in [6.45, 7) is 3.15. The number of amides is 1. The highest BCUT2D eigenvalue weighted by molar-refractivity contribution is 5.75. The number of benzene rings is 1. The number of carbonyl (C=O) groups is 1. The molecule has 0 saturated heterocycles. The quantitative estimate of drug-likeness (QED) is 0.846. The first kappa shape index (κ1) is 15.8. The Morgan fingerprint density at radius 1 is 1.24 bits per heavy atom. The summed E-state index contributed by atoms with van der Waals surface area (Å²) in [5.74, 6) is 1.35. The molecule has 2 N–H and O–H groups in total. The van der Waals surface area contributed by atoms with Gasteiger partial charge in [-0.05, 0) is 50.7 Å². The van der Waals surface area contributed by atoms with Crippen LogP contribution in [-0.4, -0.2) is 30.3 Å². The van der Waals surface area contributed by atoms with E-state index in [1.165, 1.54) is 5.56 Å². The lowest BCUT2D eigenvalue weighted by atomic mass is 9.87. The highest BCUT2D eigenvalue weighted by atomic mass is 16.5. The molecule has 1 fully saturated rings. The monoisotopic (exact) mass is 291 g/mol. The number of aliphatic hydroxyl groups is 1. The fraction of sp³-hybridized carbons (Fsp3) is 0.588. The lowest BCUT2D eigenvalue weighted by Gasteiger charge is -2.25. The zero-order chi connectivity index (χ0) is 15.1. The number of carbonyl (C=O) groups excluding carboxylic acids is 1. The van der Waals surface area contributed by atoms with Crippen molar-refractivity contribution in [2.24, 2.45) is 5.92 Å². The van der Waals surface area contributed by atoms with Crippen LogP contribution in [0, 0.1) is 12.8 Å². The van der Waals surface area contributed by atoms with Gasteiger partial charge in [-0.15, -0.1) is 0 Å². The predicted octanol–water partition coefficient (Wildman–Crippen LogP) is 2.43. The van der Waals surface area contributed by atoms with Gasteiger partial charge >= 0.3 is 0 Å². The zero-order valence-electron chi connectivity index (χ0n) is 12.7. The second-order valence-electron chi connectivity index (χ2n) is 5.89. The van der Waals surface area contributed by atoms with E-state index >= 15 is 0 Å². The molecular weight excluding hydrogens is 266 g/mol. The summed E-state index contributed by atoms with van der Waals surface area (Å²) < 4.78 is 5.54. The second kappa shape index (κ2) is 8.03. The third-order valence-electron chi connectivity index (χ3n) is 4.02. The first-order chi connectivity index (χ1) is 10.1. The molecule has 1 aromatic rings. The van der Waals surface area contributed by atoms with Gasteiger partial charge in [0.15, 0.2) is 0 Å². The van der Waals surface area contributed by atoms with Gasteiger partial charge < -0.3 is 15.2 Å². The van der Waals surface area contributed by atoms with Crippen LogP contribution in [0.2, 0.25) is 0 Å². The standard InChI is InChI=1S/C17H25NO3/c1-13-2-8-16(9-3-13)21-11-10-17(20)18-12-14-4-6-15(19)7-5-14/h2-3,8-9,14-15,19H,4-7,10-12H2,1H3,(H,18,20). The zero-order valence-corrected chi connectivity index (χ0v) is 12.7. The summed E-state index contributed by atoms with van der Waals surface area (Å²) in [4.78, 5) is 11.8. The molecule has 116 valence electrons. The van der Waals surface area contributed by atoms with E-state index in [2.05, 4.69) is 5.32 Å². The molecule has 1 aliphatic rings. The minimum Gasteiger partial charge on any atom is -0.493 e. The molecule has 2 rings (SSSR count). The van der Waals surface area contributed by atoms with Gasteiger partial charge in [0.05, 0.1) is 19.1 Å². The van der Waals surface area contributed by atoms with E-state index in [4.69, 9.17) is 4.74 Å². The molecule has 0 aromatic heterocycles. The number of hydrogen-bond acceptors (Lipinski definition) is 3. The number of nitrogens with one attached hydrogen (secondary N) is 1. The summed E-state index contributed by atoms with van der Waals surface area (Å²) in [7, 11) is 0. The van der Waals surface area contributed by atoms with E-state index < -0.39 is 0 Å². The largest absolute Gasteiger partial charge is 0.493 e. The molecule has 0 heterocycles. The van der Waals surface area contributed by atoms with E-state index in [0.717, 1.165) is 38.0 Å². The SMILES string of the molecule is Cc1ccc(OCCC(=O)NCC2CCC(O)CC2)cc1. The van der Waals surface area contributed by atoms with Gasteiger partial charge in [-0.1, -0.05) is 17.7 Å². The van der Waals surface area contributed by atoms with Crippen molar-refractivity contribution in [3.63, 3.8) is 0 Å². The molecule has 0 spiro atoms. The van der Waals surface area contributed by atoms with Crippen molar-refractivity contribution in [2.45, 2.75) is 45.1 Å². The highest BCUT2D eigenvalue weighted by Gasteiger charge is 2.19. The van der Waals surface area contributed by atoms with Crippen molar-refractivity contribution in [1.29, 1.82) is 0 Å². The summed E-state index contributed by atoms with van der Waals surface area (Å²) in [6, 6.07) is 7.82. The molecular formula is C17H25NO3. The van der Waals surface area contributed by atoms with Crippen molar-refractivity contribution >= 4 is 5.91 Å². The minimum absolute atomic E-state index is 0.0354. The molecule has 0 atom stereocenters. The number of rotatable bonds is 6. The van der Waals surface area contributed by atoms with Crippen molar-refractivity contribution in [3.05, 3.63) is 29.8 Å². The normalized spacial score (nSPS) is 21.8. The van der Waals surface area contributed by atoms with Crippen LogP contribution in [-0.2, 0) is 4.79 Å². The Hall–Kier alpha value is -1.55. The molecule has 4 nitrogen and oxygen atoms in total. The third-order valence-corrected chi connectivity index (χ3v) is 4.02. The van der Waals surface area contributed by atoms with Crippen LogP contribution >= 0.6 is 0 Å². The Balaban J connectivity index is 1.58. The van der Waals surface area contributed by atoms with Crippen molar-refractivity contribution < 1.29 is 14.6 Å². The molecule has 21 heavy (non-hydrogen) atoms. The van der Waals surface area contributed by atoms with Gasteiger partial charge in [0.2, 0.25) is 5.91 Å². The van der Waals surface area contributed by atoms with E-state index in [1.54, 1.807) is 0 Å². The van der Waals surface area contributed by atoms with Gasteiger partial charge in [-0.3, -0.25) is 4.79 Å². The van der Waals surface area contributed by atoms with Crippen LogP contribution in [0.25, 0.3) is 0 Å². The van der Waals surface area contributed by atoms with Gasteiger partial charge in [0.25, 0.3) is 0 Å². The predicted molar refractivity (Wildman–Crippen MR) is 82.3 cm³/mol. The Kier molecular flexibility index (Phi) is 6.05. The third kappa shape index (κ3) is 5.76. The average molecular weight is 291 g/mol.